The minimum atomic E-state index is -3.54. The number of carbonyl (C=O) groups excluding carboxylic acids is 1. The van der Waals surface area contributed by atoms with Crippen molar-refractivity contribution in [3.05, 3.63) is 58.9 Å². The van der Waals surface area contributed by atoms with Crippen LogP contribution in [-0.4, -0.2) is 31.7 Å². The number of anilines is 1. The summed E-state index contributed by atoms with van der Waals surface area (Å²) in [5.41, 5.74) is 0.559. The molecule has 0 saturated carbocycles. The number of rotatable bonds is 4. The van der Waals surface area contributed by atoms with Gasteiger partial charge in [0, 0.05) is 18.8 Å². The monoisotopic (exact) mass is 410 g/mol. The number of amides is 1. The number of nitrogens with zero attached hydrogens (tertiary/aromatic N) is 1. The molecule has 1 heterocycles. The Kier molecular flexibility index (Phi) is 5.83. The van der Waals surface area contributed by atoms with E-state index in [2.05, 4.69) is 12.2 Å². The molecule has 27 heavy (non-hydrogen) atoms. The van der Waals surface area contributed by atoms with E-state index >= 15 is 0 Å². The average Bonchev–Trinajstić information content (AvgIpc) is 2.62. The summed E-state index contributed by atoms with van der Waals surface area (Å²) < 4.78 is 40.0. The summed E-state index contributed by atoms with van der Waals surface area (Å²) in [7, 11) is -3.54. The zero-order valence-corrected chi connectivity index (χ0v) is 16.4. The summed E-state index contributed by atoms with van der Waals surface area (Å²) in [4.78, 5) is 12.5. The highest BCUT2D eigenvalue weighted by Crippen LogP contribution is 2.25. The Hall–Kier alpha value is -1.96. The number of benzene rings is 2. The molecule has 5 nitrogen and oxygen atoms in total. The van der Waals surface area contributed by atoms with Crippen LogP contribution in [0.5, 0.6) is 0 Å². The Bertz CT molecular complexity index is 940. The molecular weight excluding hydrogens is 391 g/mol. The molecule has 8 heteroatoms. The van der Waals surface area contributed by atoms with Crippen LogP contribution in [0.3, 0.4) is 0 Å². The first-order valence-corrected chi connectivity index (χ1v) is 10.5. The lowest BCUT2D eigenvalue weighted by Crippen LogP contribution is -2.37. The molecule has 2 aromatic rings. The fourth-order valence-corrected chi connectivity index (χ4v) is 4.68. The first-order valence-electron chi connectivity index (χ1n) is 8.64. The van der Waals surface area contributed by atoms with Gasteiger partial charge in [-0.25, -0.2) is 12.8 Å². The summed E-state index contributed by atoms with van der Waals surface area (Å²) in [5.74, 6) is -0.494. The molecular formula is C19H20ClFN2O3S. The fraction of sp³-hybridized carbons (Fsp3) is 0.316. The van der Waals surface area contributed by atoms with E-state index in [1.807, 2.05) is 0 Å². The molecule has 0 spiro atoms. The minimum absolute atomic E-state index is 0.00558. The van der Waals surface area contributed by atoms with Gasteiger partial charge in [0.2, 0.25) is 10.0 Å². The van der Waals surface area contributed by atoms with Crippen molar-refractivity contribution < 1.29 is 17.6 Å². The largest absolute Gasteiger partial charge is 0.322 e. The van der Waals surface area contributed by atoms with Crippen molar-refractivity contribution in [2.24, 2.45) is 5.92 Å². The zero-order chi connectivity index (χ0) is 19.6. The quantitative estimate of drug-likeness (QED) is 0.823. The number of piperidine rings is 1. The summed E-state index contributed by atoms with van der Waals surface area (Å²) in [6.45, 7) is 3.16. The second-order valence-electron chi connectivity index (χ2n) is 6.69. The minimum Gasteiger partial charge on any atom is -0.322 e. The van der Waals surface area contributed by atoms with Crippen LogP contribution in [0, 0.1) is 11.7 Å². The SMILES string of the molecule is CC1CCN(S(=O)(=O)c2ccc(NC(=O)c3ccc(F)cc3Cl)cc2)CC1. The number of halogens is 2. The van der Waals surface area contributed by atoms with Crippen LogP contribution in [0.1, 0.15) is 30.1 Å². The maximum atomic E-state index is 13.1. The summed E-state index contributed by atoms with van der Waals surface area (Å²) in [6, 6.07) is 9.48. The molecule has 2 aromatic carbocycles. The van der Waals surface area contributed by atoms with Crippen LogP contribution < -0.4 is 5.32 Å². The van der Waals surface area contributed by atoms with Crippen molar-refractivity contribution in [3.63, 3.8) is 0 Å². The lowest BCUT2D eigenvalue weighted by atomic mass is 10.0. The molecule has 3 rings (SSSR count). The molecule has 0 atom stereocenters. The molecule has 0 aliphatic carbocycles. The highest BCUT2D eigenvalue weighted by molar-refractivity contribution is 7.89. The van der Waals surface area contributed by atoms with Crippen LogP contribution in [-0.2, 0) is 10.0 Å². The van der Waals surface area contributed by atoms with Crippen LogP contribution in [0.15, 0.2) is 47.4 Å². The second kappa shape index (κ2) is 7.96. The Morgan fingerprint density at radius 1 is 1.15 bits per heavy atom. The van der Waals surface area contributed by atoms with Gasteiger partial charge in [0.25, 0.3) is 5.91 Å². The van der Waals surface area contributed by atoms with Crippen LogP contribution >= 0.6 is 11.6 Å². The number of sulfonamides is 1. The van der Waals surface area contributed by atoms with Crippen molar-refractivity contribution in [3.8, 4) is 0 Å². The highest BCUT2D eigenvalue weighted by atomic mass is 35.5. The predicted octanol–water partition coefficient (Wildman–Crippen LogP) is 4.15. The molecule has 1 saturated heterocycles. The Balaban J connectivity index is 1.72. The zero-order valence-electron chi connectivity index (χ0n) is 14.8. The average molecular weight is 411 g/mol. The predicted molar refractivity (Wildman–Crippen MR) is 103 cm³/mol. The van der Waals surface area contributed by atoms with Gasteiger partial charge < -0.3 is 5.32 Å². The van der Waals surface area contributed by atoms with Gasteiger partial charge >= 0.3 is 0 Å². The molecule has 144 valence electrons. The maximum absolute atomic E-state index is 13.1. The normalized spacial score (nSPS) is 16.3. The van der Waals surface area contributed by atoms with Gasteiger partial charge in [-0.1, -0.05) is 18.5 Å². The lowest BCUT2D eigenvalue weighted by Gasteiger charge is -2.29. The van der Waals surface area contributed by atoms with Gasteiger partial charge in [0.05, 0.1) is 15.5 Å². The fourth-order valence-electron chi connectivity index (χ4n) is 2.96. The molecule has 0 bridgehead atoms. The maximum Gasteiger partial charge on any atom is 0.257 e. The van der Waals surface area contributed by atoms with Crippen molar-refractivity contribution in [2.45, 2.75) is 24.7 Å². The molecule has 1 fully saturated rings. The topological polar surface area (TPSA) is 66.5 Å². The van der Waals surface area contributed by atoms with E-state index in [4.69, 9.17) is 11.6 Å². The van der Waals surface area contributed by atoms with E-state index < -0.39 is 21.7 Å². The van der Waals surface area contributed by atoms with Crippen molar-refractivity contribution in [1.82, 2.24) is 4.31 Å². The third-order valence-corrected chi connectivity index (χ3v) is 6.89. The van der Waals surface area contributed by atoms with E-state index in [9.17, 15) is 17.6 Å². The third kappa shape index (κ3) is 4.48. The third-order valence-electron chi connectivity index (χ3n) is 4.67. The molecule has 1 aliphatic heterocycles. The molecule has 0 aromatic heterocycles. The molecule has 0 radical (unpaired) electrons. The van der Waals surface area contributed by atoms with E-state index in [0.717, 1.165) is 25.0 Å². The van der Waals surface area contributed by atoms with Crippen LogP contribution in [0.25, 0.3) is 0 Å². The van der Waals surface area contributed by atoms with Crippen molar-refractivity contribution in [2.75, 3.05) is 18.4 Å². The Morgan fingerprint density at radius 2 is 1.78 bits per heavy atom. The van der Waals surface area contributed by atoms with E-state index in [1.54, 1.807) is 0 Å². The van der Waals surface area contributed by atoms with Gasteiger partial charge in [0.15, 0.2) is 0 Å². The lowest BCUT2D eigenvalue weighted by molar-refractivity contribution is 0.102. The van der Waals surface area contributed by atoms with Crippen LogP contribution in [0.4, 0.5) is 10.1 Å². The standard InChI is InChI=1S/C19H20ClFN2O3S/c1-13-8-10-23(11-9-13)27(25,26)16-5-3-15(4-6-16)22-19(24)17-7-2-14(21)12-18(17)20/h2-7,12-13H,8-11H2,1H3,(H,22,24). The number of nitrogens with one attached hydrogen (secondary N) is 1. The summed E-state index contributed by atoms with van der Waals surface area (Å²) in [6.07, 6.45) is 1.71. The number of hydrogen-bond acceptors (Lipinski definition) is 3. The van der Waals surface area contributed by atoms with E-state index in [1.165, 1.54) is 34.6 Å². The van der Waals surface area contributed by atoms with Gasteiger partial charge in [-0.3, -0.25) is 4.79 Å². The van der Waals surface area contributed by atoms with E-state index in [0.29, 0.717) is 24.7 Å². The van der Waals surface area contributed by atoms with Gasteiger partial charge in [0.1, 0.15) is 5.82 Å². The summed E-state index contributed by atoms with van der Waals surface area (Å²) >= 11 is 5.89. The Labute approximate surface area is 163 Å². The van der Waals surface area contributed by atoms with Gasteiger partial charge in [-0.2, -0.15) is 4.31 Å². The molecule has 1 aliphatic rings. The highest BCUT2D eigenvalue weighted by Gasteiger charge is 2.27. The van der Waals surface area contributed by atoms with E-state index in [-0.39, 0.29) is 15.5 Å². The van der Waals surface area contributed by atoms with Gasteiger partial charge in [-0.05, 0) is 61.2 Å². The first-order chi connectivity index (χ1) is 12.8. The molecule has 0 unspecified atom stereocenters. The Morgan fingerprint density at radius 3 is 2.37 bits per heavy atom. The van der Waals surface area contributed by atoms with Crippen LogP contribution in [0.2, 0.25) is 5.02 Å². The first kappa shape index (κ1) is 19.8. The smallest absolute Gasteiger partial charge is 0.257 e. The van der Waals surface area contributed by atoms with Crippen molar-refractivity contribution >= 4 is 33.2 Å². The summed E-state index contributed by atoms with van der Waals surface area (Å²) in [5, 5.41) is 2.63. The number of hydrogen-bond donors (Lipinski definition) is 1. The molecule has 1 amide bonds. The second-order valence-corrected chi connectivity index (χ2v) is 9.03. The molecule has 1 N–H and O–H groups in total. The number of carbonyl (C=O) groups is 1. The van der Waals surface area contributed by atoms with Gasteiger partial charge in [-0.15, -0.1) is 0 Å². The van der Waals surface area contributed by atoms with Crippen molar-refractivity contribution in [1.29, 1.82) is 0 Å².